The molecule has 0 aromatic carbocycles. The maximum Gasteiger partial charge on any atom is 0.00682 e. The molecule has 0 spiro atoms. The van der Waals surface area contributed by atoms with E-state index in [1.807, 2.05) is 0 Å². The Kier molecular flexibility index (Phi) is 4.26. The largest absolute Gasteiger partial charge is 0.317 e. The van der Waals surface area contributed by atoms with Crippen molar-refractivity contribution >= 4 is 0 Å². The van der Waals surface area contributed by atoms with Gasteiger partial charge in [-0.3, -0.25) is 0 Å². The number of rotatable bonds is 8. The summed E-state index contributed by atoms with van der Waals surface area (Å²) in [7, 11) is 0. The van der Waals surface area contributed by atoms with Crippen molar-refractivity contribution in [2.45, 2.75) is 51.0 Å². The van der Waals surface area contributed by atoms with Gasteiger partial charge < -0.3 is 10.6 Å². The third-order valence-electron chi connectivity index (χ3n) is 3.49. The molecule has 0 unspecified atom stereocenters. The van der Waals surface area contributed by atoms with Crippen LogP contribution in [0.3, 0.4) is 0 Å². The van der Waals surface area contributed by atoms with Crippen molar-refractivity contribution in [3.8, 4) is 0 Å². The lowest BCUT2D eigenvalue weighted by Gasteiger charge is -2.25. The molecule has 0 aliphatic heterocycles. The average Bonchev–Trinajstić information content (AvgIpc) is 2.90. The molecule has 0 saturated heterocycles. The first-order chi connectivity index (χ1) is 6.95. The van der Waals surface area contributed by atoms with Crippen LogP contribution in [0.15, 0.2) is 0 Å². The Morgan fingerprint density at radius 1 is 0.929 bits per heavy atom. The maximum atomic E-state index is 3.54. The molecule has 0 heterocycles. The Morgan fingerprint density at radius 3 is 2.43 bits per heavy atom. The van der Waals surface area contributed by atoms with Crippen LogP contribution in [-0.4, -0.2) is 25.7 Å². The zero-order chi connectivity index (χ0) is 9.64. The van der Waals surface area contributed by atoms with E-state index in [-0.39, 0.29) is 0 Å². The molecule has 0 radical (unpaired) electrons. The topological polar surface area (TPSA) is 24.1 Å². The minimum Gasteiger partial charge on any atom is -0.317 e. The summed E-state index contributed by atoms with van der Waals surface area (Å²) in [6.45, 7) is 3.65. The smallest absolute Gasteiger partial charge is 0.00682 e. The van der Waals surface area contributed by atoms with Crippen LogP contribution in [0.25, 0.3) is 0 Å². The third-order valence-corrected chi connectivity index (χ3v) is 3.49. The molecule has 2 aliphatic rings. The van der Waals surface area contributed by atoms with Gasteiger partial charge >= 0.3 is 0 Å². The lowest BCUT2D eigenvalue weighted by molar-refractivity contribution is 0.292. The number of hydrogen-bond donors (Lipinski definition) is 2. The van der Waals surface area contributed by atoms with Gasteiger partial charge in [0.1, 0.15) is 0 Å². The fraction of sp³-hybridized carbons (Fsp3) is 1.00. The number of hydrogen-bond acceptors (Lipinski definition) is 2. The van der Waals surface area contributed by atoms with Gasteiger partial charge in [0, 0.05) is 6.04 Å². The summed E-state index contributed by atoms with van der Waals surface area (Å²) in [6, 6.07) is 0.880. The Morgan fingerprint density at radius 2 is 1.79 bits per heavy atom. The van der Waals surface area contributed by atoms with Crippen LogP contribution < -0.4 is 10.6 Å². The number of nitrogens with one attached hydrogen (secondary N) is 2. The molecule has 0 amide bonds. The van der Waals surface area contributed by atoms with Gasteiger partial charge in [-0.2, -0.15) is 0 Å². The minimum atomic E-state index is 0.880. The molecule has 82 valence electrons. The van der Waals surface area contributed by atoms with Crippen LogP contribution in [0.1, 0.15) is 44.9 Å². The van der Waals surface area contributed by atoms with Crippen molar-refractivity contribution in [1.29, 1.82) is 0 Å². The molecular weight excluding hydrogens is 172 g/mol. The van der Waals surface area contributed by atoms with Crippen LogP contribution in [0.5, 0.6) is 0 Å². The summed E-state index contributed by atoms with van der Waals surface area (Å²) in [4.78, 5) is 0. The second-order valence-corrected chi connectivity index (χ2v) is 4.92. The molecular formula is C12H24N2. The summed E-state index contributed by atoms with van der Waals surface area (Å²) >= 11 is 0. The van der Waals surface area contributed by atoms with Gasteiger partial charge in [0.05, 0.1) is 0 Å². The zero-order valence-electron chi connectivity index (χ0n) is 9.23. The molecule has 2 saturated carbocycles. The first-order valence-corrected chi connectivity index (χ1v) is 6.39. The standard InChI is InChI=1S/C12H24N2/c1-3-11(4-1)7-10-13-8-2-9-14-12-5-6-12/h11-14H,1-10H2. The Balaban J connectivity index is 1.29. The molecule has 2 heteroatoms. The molecule has 14 heavy (non-hydrogen) atoms. The zero-order valence-corrected chi connectivity index (χ0v) is 9.23. The monoisotopic (exact) mass is 196 g/mol. The highest BCUT2D eigenvalue weighted by molar-refractivity contribution is 4.80. The molecule has 2 aliphatic carbocycles. The van der Waals surface area contributed by atoms with Crippen LogP contribution >= 0.6 is 0 Å². The summed E-state index contributed by atoms with van der Waals surface area (Å²) in [6.07, 6.45) is 9.99. The Labute approximate surface area is 87.8 Å². The van der Waals surface area contributed by atoms with Gasteiger partial charge in [-0.25, -0.2) is 0 Å². The van der Waals surface area contributed by atoms with Crippen molar-refractivity contribution in [2.75, 3.05) is 19.6 Å². The molecule has 0 aromatic rings. The van der Waals surface area contributed by atoms with Crippen molar-refractivity contribution in [3.63, 3.8) is 0 Å². The first kappa shape index (κ1) is 10.4. The van der Waals surface area contributed by atoms with Crippen molar-refractivity contribution in [1.82, 2.24) is 10.6 Å². The van der Waals surface area contributed by atoms with Crippen LogP contribution in [-0.2, 0) is 0 Å². The second kappa shape index (κ2) is 5.72. The van der Waals surface area contributed by atoms with Gasteiger partial charge in [-0.15, -0.1) is 0 Å². The first-order valence-electron chi connectivity index (χ1n) is 6.39. The lowest BCUT2D eigenvalue weighted by Crippen LogP contribution is -2.25. The highest BCUT2D eigenvalue weighted by Crippen LogP contribution is 2.28. The van der Waals surface area contributed by atoms with E-state index in [0.29, 0.717) is 0 Å². The minimum absolute atomic E-state index is 0.880. The quantitative estimate of drug-likeness (QED) is 0.579. The highest BCUT2D eigenvalue weighted by Gasteiger charge is 2.19. The molecule has 2 nitrogen and oxygen atoms in total. The predicted octanol–water partition coefficient (Wildman–Crippen LogP) is 1.91. The van der Waals surface area contributed by atoms with Gasteiger partial charge in [0.25, 0.3) is 0 Å². The van der Waals surface area contributed by atoms with E-state index in [2.05, 4.69) is 10.6 Å². The van der Waals surface area contributed by atoms with Crippen molar-refractivity contribution in [2.24, 2.45) is 5.92 Å². The average molecular weight is 196 g/mol. The Hall–Kier alpha value is -0.0800. The predicted molar refractivity (Wildman–Crippen MR) is 60.5 cm³/mol. The third kappa shape index (κ3) is 3.97. The van der Waals surface area contributed by atoms with Crippen LogP contribution in [0, 0.1) is 5.92 Å². The van der Waals surface area contributed by atoms with Crippen molar-refractivity contribution in [3.05, 3.63) is 0 Å². The Bertz CT molecular complexity index is 150. The van der Waals surface area contributed by atoms with E-state index in [4.69, 9.17) is 0 Å². The maximum absolute atomic E-state index is 3.54. The van der Waals surface area contributed by atoms with E-state index in [1.54, 1.807) is 0 Å². The second-order valence-electron chi connectivity index (χ2n) is 4.92. The summed E-state index contributed by atoms with van der Waals surface area (Å²) in [5.41, 5.74) is 0. The van der Waals surface area contributed by atoms with Crippen LogP contribution in [0.2, 0.25) is 0 Å². The normalized spacial score (nSPS) is 22.3. The van der Waals surface area contributed by atoms with Gasteiger partial charge in [0.2, 0.25) is 0 Å². The molecule has 0 bridgehead atoms. The summed E-state index contributed by atoms with van der Waals surface area (Å²) in [5, 5.41) is 7.08. The van der Waals surface area contributed by atoms with E-state index in [1.165, 1.54) is 64.6 Å². The molecule has 0 atom stereocenters. The van der Waals surface area contributed by atoms with Gasteiger partial charge in [-0.1, -0.05) is 19.3 Å². The molecule has 2 N–H and O–H groups in total. The fourth-order valence-electron chi connectivity index (χ4n) is 2.02. The van der Waals surface area contributed by atoms with E-state index >= 15 is 0 Å². The fourth-order valence-corrected chi connectivity index (χ4v) is 2.02. The van der Waals surface area contributed by atoms with Gasteiger partial charge in [-0.05, 0) is 51.2 Å². The van der Waals surface area contributed by atoms with E-state index < -0.39 is 0 Å². The summed E-state index contributed by atoms with van der Waals surface area (Å²) in [5.74, 6) is 1.06. The molecule has 2 rings (SSSR count). The van der Waals surface area contributed by atoms with E-state index in [0.717, 1.165) is 12.0 Å². The van der Waals surface area contributed by atoms with Crippen molar-refractivity contribution < 1.29 is 0 Å². The SMILES string of the molecule is C(CNCCC1CCC1)CNC1CC1. The molecule has 2 fully saturated rings. The molecule has 0 aromatic heterocycles. The highest BCUT2D eigenvalue weighted by atomic mass is 14.9. The van der Waals surface area contributed by atoms with Gasteiger partial charge in [0.15, 0.2) is 0 Å². The van der Waals surface area contributed by atoms with E-state index in [9.17, 15) is 0 Å². The summed E-state index contributed by atoms with van der Waals surface area (Å²) < 4.78 is 0. The van der Waals surface area contributed by atoms with Crippen LogP contribution in [0.4, 0.5) is 0 Å². The lowest BCUT2D eigenvalue weighted by atomic mass is 9.83.